The lowest BCUT2D eigenvalue weighted by molar-refractivity contribution is 0.0544. The van der Waals surface area contributed by atoms with Gasteiger partial charge in [0.15, 0.2) is 0 Å². The minimum atomic E-state index is -5.63. The van der Waals surface area contributed by atoms with Crippen LogP contribution in [0, 0.1) is 0 Å². The summed E-state index contributed by atoms with van der Waals surface area (Å²) in [5.41, 5.74) is -4.12. The quantitative estimate of drug-likeness (QED) is 0.515. The molecule has 0 aliphatic rings. The summed E-state index contributed by atoms with van der Waals surface area (Å²) < 4.78 is 40.3. The van der Waals surface area contributed by atoms with Crippen LogP contribution in [0.4, 0.5) is 8.78 Å². The SMILES string of the molecule is CC(C)(C)c1c(CBr)ccc(C(F)(F)P(=O)(O)O)c1C(C)(C)C. The Labute approximate surface area is 144 Å². The van der Waals surface area contributed by atoms with Crippen molar-refractivity contribution < 1.29 is 23.1 Å². The van der Waals surface area contributed by atoms with Crippen LogP contribution >= 0.6 is 23.5 Å². The molecule has 0 radical (unpaired) electrons. The van der Waals surface area contributed by atoms with Gasteiger partial charge < -0.3 is 9.79 Å². The van der Waals surface area contributed by atoms with Gasteiger partial charge in [-0.2, -0.15) is 8.78 Å². The first-order valence-corrected chi connectivity index (χ1v) is 9.95. The van der Waals surface area contributed by atoms with Gasteiger partial charge in [-0.3, -0.25) is 4.57 Å². The molecule has 0 amide bonds. The third-order valence-corrected chi connectivity index (χ3v) is 5.20. The van der Waals surface area contributed by atoms with E-state index in [1.54, 1.807) is 20.8 Å². The summed E-state index contributed by atoms with van der Waals surface area (Å²) >= 11 is 3.38. The maximum atomic E-state index is 14.5. The average molecular weight is 413 g/mol. The molecular weight excluding hydrogens is 389 g/mol. The number of hydrogen-bond acceptors (Lipinski definition) is 1. The number of benzene rings is 1. The fourth-order valence-corrected chi connectivity index (χ4v) is 3.77. The van der Waals surface area contributed by atoms with Gasteiger partial charge in [-0.1, -0.05) is 69.6 Å². The van der Waals surface area contributed by atoms with Crippen molar-refractivity contribution in [2.24, 2.45) is 0 Å². The summed E-state index contributed by atoms with van der Waals surface area (Å²) in [6.45, 7) is 11.0. The van der Waals surface area contributed by atoms with E-state index in [9.17, 15) is 13.3 Å². The summed E-state index contributed by atoms with van der Waals surface area (Å²) in [6, 6.07) is 2.66. The first kappa shape index (κ1) is 20.8. The van der Waals surface area contributed by atoms with Crippen LogP contribution in [0.1, 0.15) is 63.8 Å². The van der Waals surface area contributed by atoms with E-state index in [0.717, 1.165) is 11.6 Å². The Hall–Kier alpha value is -0.290. The molecule has 0 atom stereocenters. The van der Waals surface area contributed by atoms with E-state index < -0.39 is 29.7 Å². The summed E-state index contributed by atoms with van der Waals surface area (Å²) in [5, 5.41) is 0.477. The zero-order valence-corrected chi connectivity index (χ0v) is 16.7. The minimum absolute atomic E-state index is 0.301. The Morgan fingerprint density at radius 3 is 1.74 bits per heavy atom. The molecule has 7 heteroatoms. The molecule has 0 unspecified atom stereocenters. The molecule has 3 nitrogen and oxygen atoms in total. The van der Waals surface area contributed by atoms with Crippen LogP contribution in [0.3, 0.4) is 0 Å². The molecule has 0 fully saturated rings. The summed E-state index contributed by atoms with van der Waals surface area (Å²) in [4.78, 5) is 18.3. The zero-order chi connectivity index (χ0) is 18.4. The fraction of sp³-hybridized carbons (Fsp3) is 0.625. The summed E-state index contributed by atoms with van der Waals surface area (Å²) in [7, 11) is -5.63. The molecular formula is C16H24BrF2O3P. The van der Waals surface area contributed by atoms with Crippen molar-refractivity contribution in [2.75, 3.05) is 0 Å². The van der Waals surface area contributed by atoms with Gasteiger partial charge in [-0.05, 0) is 27.5 Å². The molecule has 1 rings (SSSR count). The molecule has 2 N–H and O–H groups in total. The van der Waals surface area contributed by atoms with Crippen molar-refractivity contribution in [1.82, 2.24) is 0 Å². The molecule has 0 aliphatic heterocycles. The lowest BCUT2D eigenvalue weighted by Crippen LogP contribution is -2.29. The number of halogens is 3. The van der Waals surface area contributed by atoms with Crippen LogP contribution in [0.15, 0.2) is 12.1 Å². The zero-order valence-electron chi connectivity index (χ0n) is 14.2. The summed E-state index contributed by atoms with van der Waals surface area (Å²) in [5.74, 6) is 0. The molecule has 0 saturated heterocycles. The predicted molar refractivity (Wildman–Crippen MR) is 92.4 cm³/mol. The molecule has 1 aromatic rings. The average Bonchev–Trinajstić information content (AvgIpc) is 2.33. The molecule has 0 heterocycles. The second-order valence-electron chi connectivity index (χ2n) is 7.74. The first-order valence-electron chi connectivity index (χ1n) is 7.22. The highest BCUT2D eigenvalue weighted by Gasteiger charge is 2.53. The van der Waals surface area contributed by atoms with E-state index in [1.807, 2.05) is 20.8 Å². The van der Waals surface area contributed by atoms with Crippen LogP contribution in [-0.4, -0.2) is 9.79 Å². The smallest absolute Gasteiger partial charge is 0.320 e. The van der Waals surface area contributed by atoms with Gasteiger partial charge >= 0.3 is 13.3 Å². The van der Waals surface area contributed by atoms with E-state index >= 15 is 0 Å². The Bertz CT molecular complexity index is 640. The third-order valence-electron chi connectivity index (χ3n) is 3.63. The van der Waals surface area contributed by atoms with Crippen molar-refractivity contribution >= 4 is 23.5 Å². The lowest BCUT2D eigenvalue weighted by Gasteiger charge is -2.36. The van der Waals surface area contributed by atoms with Crippen LogP contribution in [-0.2, 0) is 26.4 Å². The second kappa shape index (κ2) is 6.21. The topological polar surface area (TPSA) is 57.5 Å². The Morgan fingerprint density at radius 2 is 1.43 bits per heavy atom. The molecule has 0 saturated carbocycles. The highest BCUT2D eigenvalue weighted by Crippen LogP contribution is 2.61. The van der Waals surface area contributed by atoms with E-state index in [0.29, 0.717) is 16.5 Å². The molecule has 132 valence electrons. The highest BCUT2D eigenvalue weighted by molar-refractivity contribution is 9.08. The van der Waals surface area contributed by atoms with Gasteiger partial charge in [0.25, 0.3) is 0 Å². The molecule has 0 spiro atoms. The normalized spacial score (nSPS) is 14.2. The third kappa shape index (κ3) is 4.04. The predicted octanol–water partition coefficient (Wildman–Crippen LogP) is 5.40. The molecule has 23 heavy (non-hydrogen) atoms. The number of hydrogen-bond donors (Lipinski definition) is 2. The first-order chi connectivity index (χ1) is 10.0. The van der Waals surface area contributed by atoms with E-state index in [4.69, 9.17) is 9.79 Å². The molecule has 0 bridgehead atoms. The number of alkyl halides is 3. The van der Waals surface area contributed by atoms with Crippen LogP contribution in [0.5, 0.6) is 0 Å². The molecule has 1 aromatic carbocycles. The summed E-state index contributed by atoms with van der Waals surface area (Å²) in [6.07, 6.45) is 0. The fourth-order valence-electron chi connectivity index (χ4n) is 2.80. The van der Waals surface area contributed by atoms with Gasteiger partial charge in [0.2, 0.25) is 0 Å². The van der Waals surface area contributed by atoms with Crippen LogP contribution in [0.2, 0.25) is 0 Å². The Morgan fingerprint density at radius 1 is 1.00 bits per heavy atom. The Balaban J connectivity index is 4.00. The van der Waals surface area contributed by atoms with Gasteiger partial charge in [0.1, 0.15) is 0 Å². The minimum Gasteiger partial charge on any atom is -0.320 e. The van der Waals surface area contributed by atoms with Crippen molar-refractivity contribution in [3.8, 4) is 0 Å². The maximum Gasteiger partial charge on any atom is 0.399 e. The monoisotopic (exact) mass is 412 g/mol. The van der Waals surface area contributed by atoms with Gasteiger partial charge in [0.05, 0.1) is 0 Å². The Kier molecular flexibility index (Phi) is 5.61. The highest BCUT2D eigenvalue weighted by atomic mass is 79.9. The van der Waals surface area contributed by atoms with E-state index in [2.05, 4.69) is 15.9 Å². The second-order valence-corrected chi connectivity index (χ2v) is 9.95. The largest absolute Gasteiger partial charge is 0.399 e. The van der Waals surface area contributed by atoms with Crippen molar-refractivity contribution in [3.63, 3.8) is 0 Å². The van der Waals surface area contributed by atoms with Crippen molar-refractivity contribution in [3.05, 3.63) is 34.4 Å². The van der Waals surface area contributed by atoms with Crippen molar-refractivity contribution in [1.29, 1.82) is 0 Å². The maximum absolute atomic E-state index is 14.5. The lowest BCUT2D eigenvalue weighted by atomic mass is 9.71. The van der Waals surface area contributed by atoms with Gasteiger partial charge in [0, 0.05) is 10.9 Å². The van der Waals surface area contributed by atoms with Gasteiger partial charge in [-0.25, -0.2) is 0 Å². The number of rotatable bonds is 3. The van der Waals surface area contributed by atoms with Crippen molar-refractivity contribution in [2.45, 2.75) is 63.4 Å². The molecule has 0 aromatic heterocycles. The van der Waals surface area contributed by atoms with Crippen LogP contribution < -0.4 is 0 Å². The van der Waals surface area contributed by atoms with E-state index in [1.165, 1.54) is 6.07 Å². The van der Waals surface area contributed by atoms with Gasteiger partial charge in [-0.15, -0.1) is 0 Å². The molecule has 0 aliphatic carbocycles. The van der Waals surface area contributed by atoms with Crippen LogP contribution in [0.25, 0.3) is 0 Å². The standard InChI is InChI=1S/C16H24BrF2O3P/c1-14(2,3)12-10(9-17)7-8-11(13(12)15(4,5)6)16(18,19)23(20,21)22/h7-8H,9H2,1-6H3,(H2,20,21,22). The van der Waals surface area contributed by atoms with E-state index in [-0.39, 0.29) is 0 Å².